The highest BCUT2D eigenvalue weighted by Gasteiger charge is 2.30. The average Bonchev–Trinajstić information content (AvgIpc) is 3.08. The van der Waals surface area contributed by atoms with Crippen LogP contribution in [0.1, 0.15) is 56.3 Å². The fraction of sp³-hybridized carbons (Fsp3) is 0.733. The molecule has 110 valence electrons. The SMILES string of the molecule is CCC1CCC(CNC(=O)C2NCc3[nH]ncc32)CC1. The molecule has 1 aliphatic heterocycles. The summed E-state index contributed by atoms with van der Waals surface area (Å²) in [6, 6.07) is -0.226. The van der Waals surface area contributed by atoms with Gasteiger partial charge in [-0.1, -0.05) is 26.2 Å². The van der Waals surface area contributed by atoms with Crippen LogP contribution in [0, 0.1) is 11.8 Å². The van der Waals surface area contributed by atoms with Crippen molar-refractivity contribution in [3.05, 3.63) is 17.5 Å². The van der Waals surface area contributed by atoms with Crippen LogP contribution in [0.5, 0.6) is 0 Å². The van der Waals surface area contributed by atoms with Gasteiger partial charge in [-0.15, -0.1) is 0 Å². The van der Waals surface area contributed by atoms with Gasteiger partial charge in [-0.2, -0.15) is 5.10 Å². The molecule has 1 atom stereocenters. The molecule has 5 heteroatoms. The highest BCUT2D eigenvalue weighted by Crippen LogP contribution is 2.30. The van der Waals surface area contributed by atoms with Crippen LogP contribution in [-0.2, 0) is 11.3 Å². The minimum absolute atomic E-state index is 0.0859. The molecule has 5 nitrogen and oxygen atoms in total. The van der Waals surface area contributed by atoms with Crippen LogP contribution in [-0.4, -0.2) is 22.6 Å². The van der Waals surface area contributed by atoms with E-state index in [0.29, 0.717) is 12.5 Å². The molecular weight excluding hydrogens is 252 g/mol. The van der Waals surface area contributed by atoms with Crippen molar-refractivity contribution in [1.29, 1.82) is 0 Å². The smallest absolute Gasteiger partial charge is 0.241 e. The highest BCUT2D eigenvalue weighted by atomic mass is 16.2. The lowest BCUT2D eigenvalue weighted by atomic mass is 9.81. The molecule has 1 aromatic heterocycles. The molecule has 3 N–H and O–H groups in total. The molecule has 2 aliphatic rings. The van der Waals surface area contributed by atoms with Gasteiger partial charge >= 0.3 is 0 Å². The maximum absolute atomic E-state index is 12.3. The summed E-state index contributed by atoms with van der Waals surface area (Å²) in [5, 5.41) is 13.3. The predicted octanol–water partition coefficient (Wildman–Crippen LogP) is 1.89. The standard InChI is InChI=1S/C15H24N4O/c1-2-10-3-5-11(6-4-10)7-17-15(20)14-12-8-18-19-13(12)9-16-14/h8,10-11,14,16H,2-7,9H2,1H3,(H,17,20)(H,18,19). The number of carbonyl (C=O) groups is 1. The second-order valence-electron chi connectivity index (χ2n) is 6.16. The maximum Gasteiger partial charge on any atom is 0.241 e. The second kappa shape index (κ2) is 5.95. The molecule has 1 unspecified atom stereocenters. The van der Waals surface area contributed by atoms with Gasteiger partial charge in [-0.05, 0) is 24.7 Å². The minimum atomic E-state index is -0.226. The Balaban J connectivity index is 1.47. The monoisotopic (exact) mass is 276 g/mol. The van der Waals surface area contributed by atoms with Gasteiger partial charge in [0.05, 0.1) is 11.9 Å². The van der Waals surface area contributed by atoms with E-state index in [9.17, 15) is 4.79 Å². The highest BCUT2D eigenvalue weighted by molar-refractivity contribution is 5.84. The van der Waals surface area contributed by atoms with Crippen molar-refractivity contribution in [1.82, 2.24) is 20.8 Å². The van der Waals surface area contributed by atoms with E-state index in [1.54, 1.807) is 6.20 Å². The van der Waals surface area contributed by atoms with Gasteiger partial charge in [0.25, 0.3) is 0 Å². The number of aromatic nitrogens is 2. The van der Waals surface area contributed by atoms with Gasteiger partial charge in [0.2, 0.25) is 5.91 Å². The van der Waals surface area contributed by atoms with Crippen molar-refractivity contribution in [2.24, 2.45) is 11.8 Å². The molecule has 20 heavy (non-hydrogen) atoms. The zero-order chi connectivity index (χ0) is 13.9. The van der Waals surface area contributed by atoms with Crippen molar-refractivity contribution < 1.29 is 4.79 Å². The van der Waals surface area contributed by atoms with Crippen LogP contribution >= 0.6 is 0 Å². The summed E-state index contributed by atoms with van der Waals surface area (Å²) in [7, 11) is 0. The van der Waals surface area contributed by atoms with Crippen LogP contribution in [0.3, 0.4) is 0 Å². The molecule has 0 radical (unpaired) electrons. The number of carbonyl (C=O) groups excluding carboxylic acids is 1. The van der Waals surface area contributed by atoms with E-state index in [4.69, 9.17) is 0 Å². The largest absolute Gasteiger partial charge is 0.354 e. The van der Waals surface area contributed by atoms with Crippen molar-refractivity contribution in [3.8, 4) is 0 Å². The number of aromatic amines is 1. The van der Waals surface area contributed by atoms with E-state index in [-0.39, 0.29) is 11.9 Å². The van der Waals surface area contributed by atoms with Crippen LogP contribution < -0.4 is 10.6 Å². The van der Waals surface area contributed by atoms with E-state index in [0.717, 1.165) is 23.7 Å². The molecule has 0 saturated heterocycles. The first-order chi connectivity index (χ1) is 9.78. The molecule has 0 aromatic carbocycles. The first kappa shape index (κ1) is 13.6. The van der Waals surface area contributed by atoms with E-state index in [2.05, 4.69) is 27.8 Å². The van der Waals surface area contributed by atoms with Crippen LogP contribution in [0.15, 0.2) is 6.20 Å². The lowest BCUT2D eigenvalue weighted by molar-refractivity contribution is -0.123. The number of hydrogen-bond donors (Lipinski definition) is 3. The van der Waals surface area contributed by atoms with E-state index in [1.165, 1.54) is 32.1 Å². The maximum atomic E-state index is 12.3. The van der Waals surface area contributed by atoms with E-state index < -0.39 is 0 Å². The molecule has 0 spiro atoms. The Labute approximate surface area is 119 Å². The Morgan fingerprint density at radius 3 is 2.85 bits per heavy atom. The number of nitrogens with one attached hydrogen (secondary N) is 3. The quantitative estimate of drug-likeness (QED) is 0.786. The summed E-state index contributed by atoms with van der Waals surface area (Å²) in [5.74, 6) is 1.65. The third-order valence-electron chi connectivity index (χ3n) is 4.92. The summed E-state index contributed by atoms with van der Waals surface area (Å²) in [6.45, 7) is 3.80. The van der Waals surface area contributed by atoms with Gasteiger partial charge in [0, 0.05) is 18.7 Å². The molecule has 1 saturated carbocycles. The van der Waals surface area contributed by atoms with Gasteiger partial charge < -0.3 is 5.32 Å². The Morgan fingerprint density at radius 2 is 2.10 bits per heavy atom. The normalized spacial score (nSPS) is 29.1. The Hall–Kier alpha value is -1.36. The lowest BCUT2D eigenvalue weighted by Crippen LogP contribution is -2.37. The number of fused-ring (bicyclic) bond motifs is 1. The summed E-state index contributed by atoms with van der Waals surface area (Å²) in [6.07, 6.45) is 8.22. The molecule has 1 fully saturated rings. The number of H-pyrrole nitrogens is 1. The van der Waals surface area contributed by atoms with Crippen molar-refractivity contribution in [3.63, 3.8) is 0 Å². The average molecular weight is 276 g/mol. The van der Waals surface area contributed by atoms with E-state index >= 15 is 0 Å². The molecule has 1 aromatic rings. The van der Waals surface area contributed by atoms with Crippen LogP contribution in [0.25, 0.3) is 0 Å². The molecule has 1 amide bonds. The number of rotatable bonds is 4. The zero-order valence-electron chi connectivity index (χ0n) is 12.1. The van der Waals surface area contributed by atoms with Gasteiger partial charge in [-0.25, -0.2) is 0 Å². The number of nitrogens with zero attached hydrogens (tertiary/aromatic N) is 1. The fourth-order valence-electron chi connectivity index (χ4n) is 3.45. The van der Waals surface area contributed by atoms with Crippen molar-refractivity contribution in [2.45, 2.75) is 51.6 Å². The summed E-state index contributed by atoms with van der Waals surface area (Å²) < 4.78 is 0. The fourth-order valence-corrected chi connectivity index (χ4v) is 3.45. The Kier molecular flexibility index (Phi) is 4.05. The number of amides is 1. The summed E-state index contributed by atoms with van der Waals surface area (Å²) >= 11 is 0. The lowest BCUT2D eigenvalue weighted by Gasteiger charge is -2.28. The number of hydrogen-bond acceptors (Lipinski definition) is 3. The summed E-state index contributed by atoms with van der Waals surface area (Å²) in [5.41, 5.74) is 2.03. The minimum Gasteiger partial charge on any atom is -0.354 e. The van der Waals surface area contributed by atoms with Crippen molar-refractivity contribution in [2.75, 3.05) is 6.54 Å². The molecule has 1 aliphatic carbocycles. The molecule has 0 bridgehead atoms. The predicted molar refractivity (Wildman–Crippen MR) is 76.9 cm³/mol. The van der Waals surface area contributed by atoms with Gasteiger partial charge in [0.1, 0.15) is 6.04 Å². The Morgan fingerprint density at radius 1 is 1.35 bits per heavy atom. The van der Waals surface area contributed by atoms with Crippen LogP contribution in [0.4, 0.5) is 0 Å². The molecule has 2 heterocycles. The Bertz CT molecular complexity index is 462. The third-order valence-corrected chi connectivity index (χ3v) is 4.92. The van der Waals surface area contributed by atoms with E-state index in [1.807, 2.05) is 0 Å². The topological polar surface area (TPSA) is 69.8 Å². The van der Waals surface area contributed by atoms with Crippen molar-refractivity contribution >= 4 is 5.91 Å². The van der Waals surface area contributed by atoms with Gasteiger partial charge in [-0.3, -0.25) is 15.2 Å². The first-order valence-corrected chi connectivity index (χ1v) is 7.81. The molecular formula is C15H24N4O. The first-order valence-electron chi connectivity index (χ1n) is 7.81. The molecule has 3 rings (SSSR count). The summed E-state index contributed by atoms with van der Waals surface area (Å²) in [4.78, 5) is 12.3. The second-order valence-corrected chi connectivity index (χ2v) is 6.16. The zero-order valence-corrected chi connectivity index (χ0v) is 12.1. The van der Waals surface area contributed by atoms with Crippen LogP contribution in [0.2, 0.25) is 0 Å². The third kappa shape index (κ3) is 2.73. The van der Waals surface area contributed by atoms with Gasteiger partial charge in [0.15, 0.2) is 0 Å².